The Labute approximate surface area is 146 Å². The van der Waals surface area contributed by atoms with Gasteiger partial charge in [0.2, 0.25) is 0 Å². The number of ether oxygens (including phenoxy) is 3. The monoisotopic (exact) mass is 347 g/mol. The van der Waals surface area contributed by atoms with Crippen LogP contribution in [-0.2, 0) is 11.3 Å². The first-order valence-electron chi connectivity index (χ1n) is 8.22. The third-order valence-corrected chi connectivity index (χ3v) is 4.12. The van der Waals surface area contributed by atoms with Gasteiger partial charge >= 0.3 is 0 Å². The van der Waals surface area contributed by atoms with E-state index in [0.717, 1.165) is 25.2 Å². The van der Waals surface area contributed by atoms with E-state index in [9.17, 15) is 9.50 Å². The van der Waals surface area contributed by atoms with Gasteiger partial charge in [-0.3, -0.25) is 4.90 Å². The summed E-state index contributed by atoms with van der Waals surface area (Å²) in [5, 5.41) is 9.68. The van der Waals surface area contributed by atoms with E-state index in [4.69, 9.17) is 14.2 Å². The summed E-state index contributed by atoms with van der Waals surface area (Å²) >= 11 is 0. The zero-order valence-corrected chi connectivity index (χ0v) is 14.2. The molecule has 1 aliphatic rings. The van der Waals surface area contributed by atoms with Crippen molar-refractivity contribution in [1.82, 2.24) is 4.90 Å². The second-order valence-corrected chi connectivity index (χ2v) is 6.00. The van der Waals surface area contributed by atoms with Crippen molar-refractivity contribution in [2.75, 3.05) is 33.4 Å². The van der Waals surface area contributed by atoms with Crippen molar-refractivity contribution >= 4 is 0 Å². The number of hydrogen-bond donors (Lipinski definition) is 1. The zero-order chi connectivity index (χ0) is 17.6. The molecule has 134 valence electrons. The molecule has 1 N–H and O–H groups in total. The van der Waals surface area contributed by atoms with Crippen molar-refractivity contribution < 1.29 is 23.7 Å². The first-order valence-corrected chi connectivity index (χ1v) is 8.22. The third-order valence-electron chi connectivity index (χ3n) is 4.12. The lowest BCUT2D eigenvalue weighted by Crippen LogP contribution is -2.44. The number of aromatic hydroxyl groups is 1. The van der Waals surface area contributed by atoms with E-state index < -0.39 is 0 Å². The van der Waals surface area contributed by atoms with Crippen LogP contribution in [0.1, 0.15) is 5.56 Å². The average Bonchev–Trinajstić information content (AvgIpc) is 2.63. The summed E-state index contributed by atoms with van der Waals surface area (Å²) in [7, 11) is 1.54. The van der Waals surface area contributed by atoms with Crippen molar-refractivity contribution in [3.63, 3.8) is 0 Å². The minimum absolute atomic E-state index is 0.0437. The topological polar surface area (TPSA) is 51.2 Å². The number of benzene rings is 2. The Hall–Kier alpha value is -2.31. The van der Waals surface area contributed by atoms with Gasteiger partial charge in [-0.05, 0) is 42.0 Å². The molecule has 6 heteroatoms. The number of rotatable bonds is 6. The van der Waals surface area contributed by atoms with Gasteiger partial charge in [-0.25, -0.2) is 4.39 Å². The van der Waals surface area contributed by atoms with Crippen LogP contribution in [0.5, 0.6) is 17.2 Å². The Morgan fingerprint density at radius 2 is 2.04 bits per heavy atom. The quantitative estimate of drug-likeness (QED) is 0.871. The van der Waals surface area contributed by atoms with Crippen LogP contribution in [0.3, 0.4) is 0 Å². The molecule has 0 bridgehead atoms. The molecule has 0 aliphatic carbocycles. The molecule has 0 spiro atoms. The van der Waals surface area contributed by atoms with Crippen LogP contribution in [0.15, 0.2) is 42.5 Å². The summed E-state index contributed by atoms with van der Waals surface area (Å²) in [6.07, 6.45) is -0.0437. The first-order chi connectivity index (χ1) is 12.1. The molecule has 2 aromatic carbocycles. The largest absolute Gasteiger partial charge is 0.504 e. The molecule has 25 heavy (non-hydrogen) atoms. The molecule has 2 aromatic rings. The summed E-state index contributed by atoms with van der Waals surface area (Å²) in [6, 6.07) is 11.3. The van der Waals surface area contributed by atoms with Crippen LogP contribution in [0.2, 0.25) is 0 Å². The highest BCUT2D eigenvalue weighted by Gasteiger charge is 2.21. The molecular weight excluding hydrogens is 325 g/mol. The molecule has 1 fully saturated rings. The lowest BCUT2D eigenvalue weighted by atomic mass is 10.1. The van der Waals surface area contributed by atoms with Crippen molar-refractivity contribution in [2.24, 2.45) is 0 Å². The normalized spacial score (nSPS) is 18.1. The van der Waals surface area contributed by atoms with Crippen molar-refractivity contribution in [3.05, 3.63) is 53.8 Å². The van der Waals surface area contributed by atoms with Gasteiger partial charge in [0.1, 0.15) is 24.3 Å². The second-order valence-electron chi connectivity index (χ2n) is 6.00. The van der Waals surface area contributed by atoms with Crippen molar-refractivity contribution in [1.29, 1.82) is 0 Å². The van der Waals surface area contributed by atoms with E-state index >= 15 is 0 Å². The Balaban J connectivity index is 1.53. The fourth-order valence-corrected chi connectivity index (χ4v) is 2.82. The summed E-state index contributed by atoms with van der Waals surface area (Å²) in [6.45, 7) is 3.36. The first kappa shape index (κ1) is 17.5. The van der Waals surface area contributed by atoms with E-state index in [-0.39, 0.29) is 17.7 Å². The summed E-state index contributed by atoms with van der Waals surface area (Å²) < 4.78 is 29.5. The Morgan fingerprint density at radius 1 is 1.24 bits per heavy atom. The minimum atomic E-state index is -0.281. The van der Waals surface area contributed by atoms with Gasteiger partial charge < -0.3 is 19.3 Å². The molecule has 3 rings (SSSR count). The third kappa shape index (κ3) is 4.84. The molecule has 1 aliphatic heterocycles. The molecule has 0 radical (unpaired) electrons. The van der Waals surface area contributed by atoms with Crippen molar-refractivity contribution in [2.45, 2.75) is 12.6 Å². The van der Waals surface area contributed by atoms with Gasteiger partial charge in [-0.15, -0.1) is 0 Å². The highest BCUT2D eigenvalue weighted by Crippen LogP contribution is 2.27. The SMILES string of the molecule is COc1cc(CN2CCOC(COc3ccc(F)cc3)C2)ccc1O. The Morgan fingerprint density at radius 3 is 2.80 bits per heavy atom. The van der Waals surface area contributed by atoms with E-state index in [0.29, 0.717) is 24.7 Å². The number of morpholine rings is 1. The molecule has 5 nitrogen and oxygen atoms in total. The van der Waals surface area contributed by atoms with E-state index in [1.165, 1.54) is 19.2 Å². The van der Waals surface area contributed by atoms with Crippen LogP contribution in [0.25, 0.3) is 0 Å². The number of halogens is 1. The highest BCUT2D eigenvalue weighted by atomic mass is 19.1. The predicted octanol–water partition coefficient (Wildman–Crippen LogP) is 2.82. The smallest absolute Gasteiger partial charge is 0.160 e. The highest BCUT2D eigenvalue weighted by molar-refractivity contribution is 5.41. The predicted molar refractivity (Wildman–Crippen MR) is 91.6 cm³/mol. The number of hydrogen-bond acceptors (Lipinski definition) is 5. The molecule has 0 amide bonds. The van der Waals surface area contributed by atoms with Gasteiger partial charge in [0, 0.05) is 19.6 Å². The second kappa shape index (κ2) is 8.18. The Kier molecular flexibility index (Phi) is 5.73. The van der Waals surface area contributed by atoms with E-state index in [1.54, 1.807) is 18.2 Å². The summed E-state index contributed by atoms with van der Waals surface area (Å²) in [4.78, 5) is 2.27. The van der Waals surface area contributed by atoms with Gasteiger partial charge in [-0.1, -0.05) is 6.07 Å². The maximum Gasteiger partial charge on any atom is 0.160 e. The fourth-order valence-electron chi connectivity index (χ4n) is 2.82. The van der Waals surface area contributed by atoms with Gasteiger partial charge in [0.15, 0.2) is 11.5 Å². The maximum absolute atomic E-state index is 12.9. The lowest BCUT2D eigenvalue weighted by Gasteiger charge is -2.32. The maximum atomic E-state index is 12.9. The number of phenols is 1. The Bertz CT molecular complexity index is 692. The summed E-state index contributed by atoms with van der Waals surface area (Å²) in [5.41, 5.74) is 1.06. The van der Waals surface area contributed by atoms with E-state index in [2.05, 4.69) is 4.90 Å². The standard InChI is InChI=1S/C19H22FNO4/c1-23-19-10-14(2-7-18(19)22)11-21-8-9-24-17(12-21)13-25-16-5-3-15(20)4-6-16/h2-7,10,17,22H,8-9,11-13H2,1H3. The van der Waals surface area contributed by atoms with E-state index in [1.807, 2.05) is 12.1 Å². The fraction of sp³-hybridized carbons (Fsp3) is 0.368. The molecule has 1 heterocycles. The number of phenolic OH excluding ortho intramolecular Hbond substituents is 1. The van der Waals surface area contributed by atoms with Crippen molar-refractivity contribution in [3.8, 4) is 17.2 Å². The van der Waals surface area contributed by atoms with Crippen LogP contribution < -0.4 is 9.47 Å². The van der Waals surface area contributed by atoms with Crippen LogP contribution >= 0.6 is 0 Å². The minimum Gasteiger partial charge on any atom is -0.504 e. The zero-order valence-electron chi connectivity index (χ0n) is 14.2. The molecular formula is C19H22FNO4. The van der Waals surface area contributed by atoms with Gasteiger partial charge in [0.25, 0.3) is 0 Å². The number of nitrogens with zero attached hydrogens (tertiary/aromatic N) is 1. The van der Waals surface area contributed by atoms with Crippen LogP contribution in [0.4, 0.5) is 4.39 Å². The molecule has 1 atom stereocenters. The van der Waals surface area contributed by atoms with Crippen LogP contribution in [0, 0.1) is 5.82 Å². The molecule has 1 unspecified atom stereocenters. The van der Waals surface area contributed by atoms with Gasteiger partial charge in [-0.2, -0.15) is 0 Å². The molecule has 1 saturated heterocycles. The lowest BCUT2D eigenvalue weighted by molar-refractivity contribution is -0.0504. The van der Waals surface area contributed by atoms with Gasteiger partial charge in [0.05, 0.1) is 13.7 Å². The summed E-state index contributed by atoms with van der Waals surface area (Å²) in [5.74, 6) is 0.961. The van der Waals surface area contributed by atoms with Crippen LogP contribution in [-0.4, -0.2) is 49.5 Å². The average molecular weight is 347 g/mol. The molecule has 0 aromatic heterocycles. The number of methoxy groups -OCH3 is 1. The molecule has 0 saturated carbocycles.